The lowest BCUT2D eigenvalue weighted by Gasteiger charge is -2.03. The number of hydrogen-bond donors (Lipinski definition) is 1. The van der Waals surface area contributed by atoms with Crippen LogP contribution in [0.3, 0.4) is 0 Å². The molecule has 1 aromatic heterocycles. The third kappa shape index (κ3) is 2.97. The Morgan fingerprint density at radius 1 is 1.31 bits per heavy atom. The van der Waals surface area contributed by atoms with E-state index in [9.17, 15) is 0 Å². The van der Waals surface area contributed by atoms with E-state index in [1.54, 1.807) is 0 Å². The predicted molar refractivity (Wildman–Crippen MR) is 65.9 cm³/mol. The highest BCUT2D eigenvalue weighted by molar-refractivity contribution is 6.17. The average molecular weight is 239 g/mol. The molecule has 1 N–H and O–H groups in total. The van der Waals surface area contributed by atoms with Gasteiger partial charge in [-0.15, -0.1) is 11.6 Å². The van der Waals surface area contributed by atoms with Gasteiger partial charge in [0.2, 0.25) is 0 Å². The third-order valence-corrected chi connectivity index (χ3v) is 2.74. The summed E-state index contributed by atoms with van der Waals surface area (Å²) in [6.45, 7) is 1.95. The Hall–Kier alpha value is -1.06. The van der Waals surface area contributed by atoms with Crippen molar-refractivity contribution >= 4 is 22.7 Å². The summed E-state index contributed by atoms with van der Waals surface area (Å²) in [5.74, 6) is 0.719. The SMILES string of the molecule is ClCCCNCCc1ccc2ncoc2c1. The van der Waals surface area contributed by atoms with Crippen LogP contribution < -0.4 is 5.32 Å². The molecule has 0 aliphatic carbocycles. The lowest BCUT2D eigenvalue weighted by molar-refractivity contribution is 0.601. The summed E-state index contributed by atoms with van der Waals surface area (Å²) in [4.78, 5) is 4.08. The highest BCUT2D eigenvalue weighted by Gasteiger charge is 1.99. The van der Waals surface area contributed by atoms with E-state index in [0.29, 0.717) is 0 Å². The first-order valence-electron chi connectivity index (χ1n) is 5.49. The van der Waals surface area contributed by atoms with E-state index in [-0.39, 0.29) is 0 Å². The summed E-state index contributed by atoms with van der Waals surface area (Å²) in [7, 11) is 0. The van der Waals surface area contributed by atoms with E-state index in [2.05, 4.69) is 16.4 Å². The molecule has 0 atom stereocenters. The number of alkyl halides is 1. The van der Waals surface area contributed by atoms with Gasteiger partial charge >= 0.3 is 0 Å². The zero-order valence-corrected chi connectivity index (χ0v) is 9.83. The maximum atomic E-state index is 5.59. The maximum Gasteiger partial charge on any atom is 0.181 e. The number of fused-ring (bicyclic) bond motifs is 1. The first kappa shape index (κ1) is 11.4. The summed E-state index contributed by atoms with van der Waals surface area (Å²) in [6.07, 6.45) is 3.49. The molecule has 2 rings (SSSR count). The highest BCUT2D eigenvalue weighted by Crippen LogP contribution is 2.14. The average Bonchev–Trinajstić information content (AvgIpc) is 2.76. The minimum Gasteiger partial charge on any atom is -0.443 e. The summed E-state index contributed by atoms with van der Waals surface area (Å²) >= 11 is 5.59. The lowest BCUT2D eigenvalue weighted by atomic mass is 10.1. The topological polar surface area (TPSA) is 38.1 Å². The van der Waals surface area contributed by atoms with Crippen molar-refractivity contribution in [3.63, 3.8) is 0 Å². The molecule has 0 radical (unpaired) electrons. The highest BCUT2D eigenvalue weighted by atomic mass is 35.5. The van der Waals surface area contributed by atoms with Crippen molar-refractivity contribution in [1.29, 1.82) is 0 Å². The van der Waals surface area contributed by atoms with Crippen molar-refractivity contribution in [2.45, 2.75) is 12.8 Å². The largest absolute Gasteiger partial charge is 0.443 e. The van der Waals surface area contributed by atoms with Gasteiger partial charge in [0.15, 0.2) is 12.0 Å². The fourth-order valence-corrected chi connectivity index (χ4v) is 1.74. The maximum absolute atomic E-state index is 5.59. The predicted octanol–water partition coefficient (Wildman–Crippen LogP) is 2.59. The van der Waals surface area contributed by atoms with E-state index in [1.807, 2.05) is 12.1 Å². The van der Waals surface area contributed by atoms with Gasteiger partial charge in [-0.3, -0.25) is 0 Å². The Morgan fingerprint density at radius 3 is 3.12 bits per heavy atom. The molecule has 1 aromatic carbocycles. The summed E-state index contributed by atoms with van der Waals surface area (Å²) in [5.41, 5.74) is 3.04. The molecule has 86 valence electrons. The Balaban J connectivity index is 1.84. The molecule has 2 aromatic rings. The monoisotopic (exact) mass is 238 g/mol. The molecule has 3 nitrogen and oxygen atoms in total. The summed E-state index contributed by atoms with van der Waals surface area (Å²) in [5, 5.41) is 3.35. The van der Waals surface area contributed by atoms with Crippen molar-refractivity contribution in [2.75, 3.05) is 19.0 Å². The number of rotatable bonds is 6. The van der Waals surface area contributed by atoms with Crippen molar-refractivity contribution in [2.24, 2.45) is 0 Å². The van der Waals surface area contributed by atoms with Gasteiger partial charge in [0, 0.05) is 5.88 Å². The number of nitrogens with zero attached hydrogens (tertiary/aromatic N) is 1. The molecule has 0 bridgehead atoms. The number of benzene rings is 1. The van der Waals surface area contributed by atoms with Gasteiger partial charge in [-0.25, -0.2) is 4.98 Å². The number of oxazole rings is 1. The fourth-order valence-electron chi connectivity index (χ4n) is 1.60. The minimum absolute atomic E-state index is 0.719. The Kier molecular flexibility index (Phi) is 4.19. The smallest absolute Gasteiger partial charge is 0.181 e. The number of nitrogens with one attached hydrogen (secondary N) is 1. The van der Waals surface area contributed by atoms with E-state index in [0.717, 1.165) is 42.9 Å². The second-order valence-electron chi connectivity index (χ2n) is 3.70. The Bertz CT molecular complexity index is 441. The first-order chi connectivity index (χ1) is 7.90. The second-order valence-corrected chi connectivity index (χ2v) is 4.07. The molecule has 0 aliphatic heterocycles. The normalized spacial score (nSPS) is 11.1. The van der Waals surface area contributed by atoms with Gasteiger partial charge < -0.3 is 9.73 Å². The molecule has 0 fully saturated rings. The standard InChI is InChI=1S/C12H15ClN2O/c13-5-1-6-14-7-4-10-2-3-11-12(8-10)16-9-15-11/h2-3,8-9,14H,1,4-7H2. The lowest BCUT2D eigenvalue weighted by Crippen LogP contribution is -2.18. The van der Waals surface area contributed by atoms with Gasteiger partial charge in [0.25, 0.3) is 0 Å². The minimum atomic E-state index is 0.719. The van der Waals surface area contributed by atoms with Crippen molar-refractivity contribution < 1.29 is 4.42 Å². The van der Waals surface area contributed by atoms with E-state index in [4.69, 9.17) is 16.0 Å². The second kappa shape index (κ2) is 5.87. The third-order valence-electron chi connectivity index (χ3n) is 2.47. The van der Waals surface area contributed by atoms with Crippen molar-refractivity contribution in [1.82, 2.24) is 10.3 Å². The summed E-state index contributed by atoms with van der Waals surface area (Å²) in [6, 6.07) is 6.13. The zero-order valence-electron chi connectivity index (χ0n) is 9.08. The molecule has 0 aliphatic rings. The first-order valence-corrected chi connectivity index (χ1v) is 6.02. The van der Waals surface area contributed by atoms with E-state index >= 15 is 0 Å². The molecule has 0 amide bonds. The molecule has 1 heterocycles. The Labute approximate surface area is 99.8 Å². The zero-order chi connectivity index (χ0) is 11.2. The van der Waals surface area contributed by atoms with Crippen LogP contribution in [-0.4, -0.2) is 24.0 Å². The van der Waals surface area contributed by atoms with Gasteiger partial charge in [-0.1, -0.05) is 6.07 Å². The molecule has 16 heavy (non-hydrogen) atoms. The molecule has 0 unspecified atom stereocenters. The van der Waals surface area contributed by atoms with E-state index in [1.165, 1.54) is 12.0 Å². The van der Waals surface area contributed by atoms with E-state index < -0.39 is 0 Å². The van der Waals surface area contributed by atoms with Crippen LogP contribution >= 0.6 is 11.6 Å². The number of hydrogen-bond acceptors (Lipinski definition) is 3. The van der Waals surface area contributed by atoms with Gasteiger partial charge in [-0.2, -0.15) is 0 Å². The molecular weight excluding hydrogens is 224 g/mol. The van der Waals surface area contributed by atoms with Crippen LogP contribution in [0.2, 0.25) is 0 Å². The van der Waals surface area contributed by atoms with Gasteiger partial charge in [0.1, 0.15) is 5.52 Å². The molecule has 0 saturated carbocycles. The Morgan fingerprint density at radius 2 is 2.25 bits per heavy atom. The van der Waals surface area contributed by atoms with Crippen LogP contribution in [0.5, 0.6) is 0 Å². The van der Waals surface area contributed by atoms with Crippen LogP contribution in [0.4, 0.5) is 0 Å². The van der Waals surface area contributed by atoms with Crippen LogP contribution in [0.1, 0.15) is 12.0 Å². The summed E-state index contributed by atoms with van der Waals surface area (Å²) < 4.78 is 5.25. The van der Waals surface area contributed by atoms with Crippen LogP contribution in [-0.2, 0) is 6.42 Å². The fraction of sp³-hybridized carbons (Fsp3) is 0.417. The van der Waals surface area contributed by atoms with Gasteiger partial charge in [-0.05, 0) is 43.6 Å². The molecule has 0 saturated heterocycles. The van der Waals surface area contributed by atoms with Crippen LogP contribution in [0.15, 0.2) is 29.0 Å². The van der Waals surface area contributed by atoms with Gasteiger partial charge in [0.05, 0.1) is 0 Å². The molecule has 4 heteroatoms. The quantitative estimate of drug-likeness (QED) is 0.621. The van der Waals surface area contributed by atoms with Crippen molar-refractivity contribution in [3.05, 3.63) is 30.2 Å². The van der Waals surface area contributed by atoms with Crippen LogP contribution in [0, 0.1) is 0 Å². The number of halogens is 1. The van der Waals surface area contributed by atoms with Crippen LogP contribution in [0.25, 0.3) is 11.1 Å². The molecule has 0 spiro atoms. The molecular formula is C12H15ClN2O. The van der Waals surface area contributed by atoms with Crippen molar-refractivity contribution in [3.8, 4) is 0 Å². The number of aromatic nitrogens is 1.